The standard InChI is InChI=1S/C19H20O4/c1-12-14(10-7-11-15(12)20)16-17(13-8-5-4-6-9-13)22-19(2,3)23-18(16)21/h4-6,8-9H,7,10-11H2,1-3H3. The molecule has 0 spiro atoms. The molecule has 0 amide bonds. The summed E-state index contributed by atoms with van der Waals surface area (Å²) in [7, 11) is 0. The summed E-state index contributed by atoms with van der Waals surface area (Å²) in [5.74, 6) is -0.873. The molecular formula is C19H20O4. The average Bonchev–Trinajstić information content (AvgIpc) is 2.50. The lowest BCUT2D eigenvalue weighted by Crippen LogP contribution is -2.37. The van der Waals surface area contributed by atoms with E-state index in [0.717, 1.165) is 17.6 Å². The first-order chi connectivity index (χ1) is 10.9. The van der Waals surface area contributed by atoms with E-state index < -0.39 is 11.8 Å². The Hall–Kier alpha value is -2.36. The van der Waals surface area contributed by atoms with Crippen molar-refractivity contribution in [2.24, 2.45) is 0 Å². The zero-order valence-electron chi connectivity index (χ0n) is 13.6. The van der Waals surface area contributed by atoms with Gasteiger partial charge in [-0.3, -0.25) is 4.79 Å². The van der Waals surface area contributed by atoms with Crippen molar-refractivity contribution in [2.75, 3.05) is 0 Å². The van der Waals surface area contributed by atoms with Crippen LogP contribution in [0.4, 0.5) is 0 Å². The zero-order chi connectivity index (χ0) is 16.6. The summed E-state index contributed by atoms with van der Waals surface area (Å²) in [6.45, 7) is 5.19. The maximum absolute atomic E-state index is 12.6. The van der Waals surface area contributed by atoms with Gasteiger partial charge < -0.3 is 9.47 Å². The summed E-state index contributed by atoms with van der Waals surface area (Å²) in [4.78, 5) is 24.7. The number of rotatable bonds is 2. The highest BCUT2D eigenvalue weighted by Gasteiger charge is 2.39. The van der Waals surface area contributed by atoms with Crippen molar-refractivity contribution in [2.45, 2.75) is 45.8 Å². The molecule has 1 aliphatic carbocycles. The fourth-order valence-electron chi connectivity index (χ4n) is 3.02. The van der Waals surface area contributed by atoms with Crippen molar-refractivity contribution >= 4 is 17.5 Å². The molecule has 23 heavy (non-hydrogen) atoms. The molecule has 2 aliphatic rings. The van der Waals surface area contributed by atoms with Crippen LogP contribution in [0.3, 0.4) is 0 Å². The largest absolute Gasteiger partial charge is 0.451 e. The van der Waals surface area contributed by atoms with Gasteiger partial charge in [-0.25, -0.2) is 4.79 Å². The number of carbonyl (C=O) groups excluding carboxylic acids is 2. The minimum absolute atomic E-state index is 0.0868. The topological polar surface area (TPSA) is 52.6 Å². The van der Waals surface area contributed by atoms with E-state index >= 15 is 0 Å². The van der Waals surface area contributed by atoms with Crippen LogP contribution < -0.4 is 0 Å². The molecule has 0 saturated heterocycles. The van der Waals surface area contributed by atoms with E-state index in [9.17, 15) is 9.59 Å². The molecule has 1 aromatic carbocycles. The van der Waals surface area contributed by atoms with E-state index in [2.05, 4.69) is 0 Å². The Kier molecular flexibility index (Phi) is 3.84. The molecule has 4 heteroatoms. The Morgan fingerprint density at radius 2 is 1.70 bits per heavy atom. The molecule has 0 radical (unpaired) electrons. The van der Waals surface area contributed by atoms with Crippen LogP contribution in [0.1, 0.15) is 45.6 Å². The van der Waals surface area contributed by atoms with Crippen molar-refractivity contribution in [3.05, 3.63) is 52.6 Å². The highest BCUT2D eigenvalue weighted by molar-refractivity contribution is 6.06. The fourth-order valence-corrected chi connectivity index (χ4v) is 3.02. The van der Waals surface area contributed by atoms with Gasteiger partial charge in [-0.1, -0.05) is 30.3 Å². The lowest BCUT2D eigenvalue weighted by atomic mass is 9.85. The van der Waals surface area contributed by atoms with Gasteiger partial charge in [0.05, 0.1) is 0 Å². The van der Waals surface area contributed by atoms with Gasteiger partial charge in [0.25, 0.3) is 0 Å². The van der Waals surface area contributed by atoms with E-state index in [1.807, 2.05) is 30.3 Å². The molecule has 0 unspecified atom stereocenters. The van der Waals surface area contributed by atoms with Crippen LogP contribution in [-0.4, -0.2) is 17.5 Å². The summed E-state index contributed by atoms with van der Waals surface area (Å²) < 4.78 is 11.4. The van der Waals surface area contributed by atoms with Crippen LogP contribution in [-0.2, 0) is 19.1 Å². The number of carbonyl (C=O) groups is 2. The smallest absolute Gasteiger partial charge is 0.345 e. The van der Waals surface area contributed by atoms with Crippen LogP contribution in [0.25, 0.3) is 5.76 Å². The van der Waals surface area contributed by atoms with Gasteiger partial charge in [0.2, 0.25) is 5.79 Å². The quantitative estimate of drug-likeness (QED) is 0.780. The summed E-state index contributed by atoms with van der Waals surface area (Å²) in [5, 5.41) is 0. The first kappa shape index (κ1) is 15.5. The monoisotopic (exact) mass is 312 g/mol. The molecule has 3 rings (SSSR count). The first-order valence-corrected chi connectivity index (χ1v) is 7.84. The Balaban J connectivity index is 2.22. The molecule has 0 aromatic heterocycles. The lowest BCUT2D eigenvalue weighted by molar-refractivity contribution is -0.195. The number of esters is 1. The number of Topliss-reactive ketones (excluding diaryl/α,β-unsaturated/α-hetero) is 1. The van der Waals surface area contributed by atoms with Crippen LogP contribution in [0.2, 0.25) is 0 Å². The van der Waals surface area contributed by atoms with Crippen LogP contribution >= 0.6 is 0 Å². The third-order valence-electron chi connectivity index (χ3n) is 4.16. The maximum Gasteiger partial charge on any atom is 0.345 e. The molecule has 1 aliphatic heterocycles. The Morgan fingerprint density at radius 1 is 1.00 bits per heavy atom. The molecule has 120 valence electrons. The molecular weight excluding hydrogens is 292 g/mol. The second-order valence-corrected chi connectivity index (χ2v) is 6.34. The third-order valence-corrected chi connectivity index (χ3v) is 4.16. The number of allylic oxidation sites excluding steroid dienone is 1. The first-order valence-electron chi connectivity index (χ1n) is 7.84. The average molecular weight is 312 g/mol. The van der Waals surface area contributed by atoms with Crippen molar-refractivity contribution in [1.82, 2.24) is 0 Å². The fraction of sp³-hybridized carbons (Fsp3) is 0.368. The molecule has 0 fully saturated rings. The van der Waals surface area contributed by atoms with Crippen molar-refractivity contribution in [3.63, 3.8) is 0 Å². The maximum atomic E-state index is 12.6. The number of hydrogen-bond acceptors (Lipinski definition) is 4. The van der Waals surface area contributed by atoms with Crippen LogP contribution in [0.15, 0.2) is 47.1 Å². The number of ether oxygens (including phenoxy) is 2. The van der Waals surface area contributed by atoms with E-state index in [1.54, 1.807) is 20.8 Å². The summed E-state index contributed by atoms with van der Waals surface area (Å²) >= 11 is 0. The number of hydrogen-bond donors (Lipinski definition) is 0. The van der Waals surface area contributed by atoms with Gasteiger partial charge in [0.15, 0.2) is 5.78 Å². The highest BCUT2D eigenvalue weighted by Crippen LogP contribution is 2.39. The molecule has 4 nitrogen and oxygen atoms in total. The zero-order valence-corrected chi connectivity index (χ0v) is 13.6. The number of benzene rings is 1. The van der Waals surface area contributed by atoms with Gasteiger partial charge in [0, 0.05) is 25.8 Å². The molecule has 0 atom stereocenters. The minimum Gasteiger partial charge on any atom is -0.451 e. The molecule has 0 bridgehead atoms. The van der Waals surface area contributed by atoms with Gasteiger partial charge in [-0.2, -0.15) is 0 Å². The van der Waals surface area contributed by atoms with E-state index in [4.69, 9.17) is 9.47 Å². The normalized spacial score (nSPS) is 21.2. The predicted octanol–water partition coefficient (Wildman–Crippen LogP) is 3.78. The van der Waals surface area contributed by atoms with Gasteiger partial charge >= 0.3 is 5.97 Å². The molecule has 1 heterocycles. The summed E-state index contributed by atoms with van der Waals surface area (Å²) in [6.07, 6.45) is 1.96. The van der Waals surface area contributed by atoms with Crippen molar-refractivity contribution < 1.29 is 19.1 Å². The van der Waals surface area contributed by atoms with Crippen LogP contribution in [0, 0.1) is 0 Å². The van der Waals surface area contributed by atoms with Gasteiger partial charge in [-0.15, -0.1) is 0 Å². The van der Waals surface area contributed by atoms with E-state index in [1.165, 1.54) is 0 Å². The van der Waals surface area contributed by atoms with Gasteiger partial charge in [-0.05, 0) is 30.9 Å². The molecule has 1 aromatic rings. The summed E-state index contributed by atoms with van der Waals surface area (Å²) in [6, 6.07) is 9.48. The SMILES string of the molecule is CC1=C(C2=C(c3ccccc3)OC(C)(C)OC2=O)CCCC1=O. The second kappa shape index (κ2) is 5.69. The molecule has 0 N–H and O–H groups in total. The Labute approximate surface area is 135 Å². The highest BCUT2D eigenvalue weighted by atomic mass is 16.7. The van der Waals surface area contributed by atoms with Crippen molar-refractivity contribution in [1.29, 1.82) is 0 Å². The van der Waals surface area contributed by atoms with Gasteiger partial charge in [0.1, 0.15) is 11.3 Å². The molecule has 0 saturated carbocycles. The van der Waals surface area contributed by atoms with Crippen molar-refractivity contribution in [3.8, 4) is 0 Å². The predicted molar refractivity (Wildman–Crippen MR) is 86.2 cm³/mol. The van der Waals surface area contributed by atoms with Crippen LogP contribution in [0.5, 0.6) is 0 Å². The number of cyclic esters (lactones) is 1. The Morgan fingerprint density at radius 3 is 2.39 bits per heavy atom. The van der Waals surface area contributed by atoms with E-state index in [-0.39, 0.29) is 5.78 Å². The second-order valence-electron chi connectivity index (χ2n) is 6.34. The van der Waals surface area contributed by atoms with E-state index in [0.29, 0.717) is 29.7 Å². The Bertz CT molecular complexity index is 723. The third kappa shape index (κ3) is 2.93. The number of ketones is 1. The lowest BCUT2D eigenvalue weighted by Gasteiger charge is -2.35. The minimum atomic E-state index is -1.03. The summed E-state index contributed by atoms with van der Waals surface area (Å²) in [5.41, 5.74) is 2.59.